The highest BCUT2D eigenvalue weighted by atomic mass is 35.5. The molecule has 2 aromatic rings. The number of hydrogen-bond donors (Lipinski definition) is 0. The number of nitrogens with zero attached hydrogens (tertiary/aromatic N) is 2. The van der Waals surface area contributed by atoms with Crippen LogP contribution in [-0.4, -0.2) is 35.6 Å². The lowest BCUT2D eigenvalue weighted by Gasteiger charge is -2.37. The largest absolute Gasteiger partial charge is 0.462 e. The number of carbonyl (C=O) groups is 3. The van der Waals surface area contributed by atoms with Crippen molar-refractivity contribution in [2.75, 3.05) is 6.61 Å². The van der Waals surface area contributed by atoms with E-state index >= 15 is 0 Å². The quantitative estimate of drug-likeness (QED) is 0.287. The number of hydrogen-bond acceptors (Lipinski definition) is 6. The summed E-state index contributed by atoms with van der Waals surface area (Å²) in [4.78, 5) is 38.1. The van der Waals surface area contributed by atoms with Crippen LogP contribution in [0.2, 0.25) is 5.02 Å². The Labute approximate surface area is 195 Å². The summed E-state index contributed by atoms with van der Waals surface area (Å²) in [6, 6.07) is 8.36. The van der Waals surface area contributed by atoms with Crippen molar-refractivity contribution in [2.45, 2.75) is 13.3 Å². The van der Waals surface area contributed by atoms with Crippen LogP contribution in [0.1, 0.15) is 29.5 Å². The molecule has 2 bridgehead atoms. The fraction of sp³-hybridized carbons (Fsp3) is 0.360. The molecule has 2 saturated carbocycles. The van der Waals surface area contributed by atoms with Gasteiger partial charge in [-0.3, -0.25) is 9.59 Å². The molecule has 0 spiro atoms. The van der Waals surface area contributed by atoms with Crippen molar-refractivity contribution in [3.8, 4) is 11.3 Å². The molecule has 4 aliphatic carbocycles. The van der Waals surface area contributed by atoms with E-state index in [4.69, 9.17) is 20.8 Å². The Kier molecular flexibility index (Phi) is 4.59. The Bertz CT molecular complexity index is 1210. The Balaban J connectivity index is 1.22. The van der Waals surface area contributed by atoms with Crippen molar-refractivity contribution in [3.63, 3.8) is 0 Å². The van der Waals surface area contributed by atoms with Crippen LogP contribution in [0.4, 0.5) is 0 Å². The lowest BCUT2D eigenvalue weighted by molar-refractivity contribution is -0.140. The van der Waals surface area contributed by atoms with Crippen LogP contribution in [-0.2, 0) is 14.3 Å². The van der Waals surface area contributed by atoms with Crippen LogP contribution < -0.4 is 0 Å². The molecule has 168 valence electrons. The summed E-state index contributed by atoms with van der Waals surface area (Å²) >= 11 is 6.13. The third-order valence-electron chi connectivity index (χ3n) is 7.31. The number of carbonyl (C=O) groups excluding carboxylic acids is 3. The Hall–Kier alpha value is -3.19. The highest BCUT2D eigenvalue weighted by Crippen LogP contribution is 2.65. The minimum Gasteiger partial charge on any atom is -0.462 e. The minimum atomic E-state index is -0.508. The van der Waals surface area contributed by atoms with Crippen LogP contribution in [0.25, 0.3) is 11.3 Å². The Morgan fingerprint density at radius 2 is 1.85 bits per heavy atom. The first-order chi connectivity index (χ1) is 16.0. The maximum Gasteiger partial charge on any atom is 0.339 e. The average molecular weight is 465 g/mol. The van der Waals surface area contributed by atoms with Crippen molar-refractivity contribution in [1.82, 2.24) is 5.01 Å². The van der Waals surface area contributed by atoms with Gasteiger partial charge in [0.2, 0.25) is 0 Å². The molecule has 7 rings (SSSR count). The molecule has 6 atom stereocenters. The van der Waals surface area contributed by atoms with Gasteiger partial charge in [-0.25, -0.2) is 4.79 Å². The van der Waals surface area contributed by atoms with E-state index in [1.54, 1.807) is 37.3 Å². The average Bonchev–Trinajstić information content (AvgIpc) is 3.45. The van der Waals surface area contributed by atoms with Gasteiger partial charge < -0.3 is 9.15 Å². The van der Waals surface area contributed by atoms with Gasteiger partial charge >= 0.3 is 5.97 Å². The first-order valence-corrected chi connectivity index (χ1v) is 11.5. The number of hydrazone groups is 1. The molecule has 3 fully saturated rings. The van der Waals surface area contributed by atoms with Gasteiger partial charge in [0.1, 0.15) is 11.5 Å². The smallest absolute Gasteiger partial charge is 0.339 e. The maximum atomic E-state index is 13.0. The molecule has 1 aromatic heterocycles. The van der Waals surface area contributed by atoms with Gasteiger partial charge in [-0.05, 0) is 67.3 Å². The molecule has 7 nitrogen and oxygen atoms in total. The first kappa shape index (κ1) is 20.4. The number of benzene rings is 1. The summed E-state index contributed by atoms with van der Waals surface area (Å²) in [5.41, 5.74) is 0.892. The molecular formula is C25H21ClN2O5. The van der Waals surface area contributed by atoms with E-state index in [-0.39, 0.29) is 47.7 Å². The highest BCUT2D eigenvalue weighted by molar-refractivity contribution is 6.33. The number of amides is 2. The molecule has 1 aliphatic heterocycles. The van der Waals surface area contributed by atoms with Gasteiger partial charge in [0.25, 0.3) is 11.8 Å². The fourth-order valence-corrected chi connectivity index (χ4v) is 5.99. The molecule has 1 saturated heterocycles. The lowest BCUT2D eigenvalue weighted by Crippen LogP contribution is -2.40. The van der Waals surface area contributed by atoms with E-state index in [0.29, 0.717) is 33.9 Å². The van der Waals surface area contributed by atoms with Crippen LogP contribution >= 0.6 is 11.6 Å². The summed E-state index contributed by atoms with van der Waals surface area (Å²) in [5.74, 6) is 0.806. The van der Waals surface area contributed by atoms with Gasteiger partial charge in [0, 0.05) is 5.56 Å². The topological polar surface area (TPSA) is 89.2 Å². The predicted octanol–water partition coefficient (Wildman–Crippen LogP) is 4.16. The molecule has 33 heavy (non-hydrogen) atoms. The van der Waals surface area contributed by atoms with Crippen LogP contribution in [0.5, 0.6) is 0 Å². The summed E-state index contributed by atoms with van der Waals surface area (Å²) in [6.07, 6.45) is 6.77. The van der Waals surface area contributed by atoms with E-state index in [0.717, 1.165) is 11.4 Å². The van der Waals surface area contributed by atoms with Gasteiger partial charge in [-0.15, -0.1) is 0 Å². The molecule has 0 radical (unpaired) electrons. The zero-order chi connectivity index (χ0) is 22.9. The standard InChI is InChI=1S/C25H21ClN2O5/c1-2-32-25(31)18-9-12(3-7-19(18)26)20-8-4-13(33-20)11-27-28-23(29)21-14-5-6-15(17-10-16(14)17)22(21)24(28)30/h3-9,11,14-17,21-22H,2,10H2,1H3. The third-order valence-corrected chi connectivity index (χ3v) is 7.64. The normalized spacial score (nSPS) is 31.3. The van der Waals surface area contributed by atoms with Crippen LogP contribution in [0.3, 0.4) is 0 Å². The van der Waals surface area contributed by atoms with Gasteiger partial charge in [-0.2, -0.15) is 10.1 Å². The van der Waals surface area contributed by atoms with E-state index in [1.165, 1.54) is 6.21 Å². The molecule has 5 aliphatic rings. The lowest BCUT2D eigenvalue weighted by atomic mass is 9.63. The molecule has 6 unspecified atom stereocenters. The second-order valence-corrected chi connectivity index (χ2v) is 9.41. The number of furan rings is 1. The minimum absolute atomic E-state index is 0.162. The van der Waals surface area contributed by atoms with Gasteiger partial charge in [0.15, 0.2) is 0 Å². The molecule has 1 aromatic carbocycles. The SMILES string of the molecule is CCOC(=O)c1cc(-c2ccc(C=NN3C(=O)C4C5C=CC(C6CC56)C4C3=O)o2)ccc1Cl. The molecular weight excluding hydrogens is 444 g/mol. The summed E-state index contributed by atoms with van der Waals surface area (Å²) in [7, 11) is 0. The fourth-order valence-electron chi connectivity index (χ4n) is 5.79. The van der Waals surface area contributed by atoms with E-state index in [2.05, 4.69) is 17.3 Å². The van der Waals surface area contributed by atoms with Crippen molar-refractivity contribution in [1.29, 1.82) is 0 Å². The second-order valence-electron chi connectivity index (χ2n) is 9.00. The first-order valence-electron chi connectivity index (χ1n) is 11.1. The molecule has 2 heterocycles. The zero-order valence-electron chi connectivity index (χ0n) is 17.8. The third kappa shape index (κ3) is 3.09. The van der Waals surface area contributed by atoms with Crippen LogP contribution in [0, 0.1) is 35.5 Å². The van der Waals surface area contributed by atoms with Crippen molar-refractivity contribution < 1.29 is 23.5 Å². The van der Waals surface area contributed by atoms with Crippen molar-refractivity contribution in [3.05, 3.63) is 58.8 Å². The van der Waals surface area contributed by atoms with E-state index < -0.39 is 5.97 Å². The number of imide groups is 1. The number of halogens is 1. The van der Waals surface area contributed by atoms with Gasteiger partial charge in [-0.1, -0.05) is 23.8 Å². The maximum absolute atomic E-state index is 13.0. The second kappa shape index (κ2) is 7.42. The number of ether oxygens (including phenoxy) is 1. The number of esters is 1. The number of allylic oxidation sites excluding steroid dienone is 2. The van der Waals surface area contributed by atoms with Crippen molar-refractivity contribution in [2.24, 2.45) is 40.6 Å². The molecule has 0 N–H and O–H groups in total. The Morgan fingerprint density at radius 1 is 1.15 bits per heavy atom. The van der Waals surface area contributed by atoms with E-state index in [1.807, 2.05) is 0 Å². The summed E-state index contributed by atoms with van der Waals surface area (Å²) < 4.78 is 10.9. The van der Waals surface area contributed by atoms with Crippen molar-refractivity contribution >= 4 is 35.6 Å². The molecule has 8 heteroatoms. The Morgan fingerprint density at radius 3 is 2.52 bits per heavy atom. The monoisotopic (exact) mass is 464 g/mol. The van der Waals surface area contributed by atoms with E-state index in [9.17, 15) is 14.4 Å². The zero-order valence-corrected chi connectivity index (χ0v) is 18.6. The molecule has 2 amide bonds. The summed E-state index contributed by atoms with van der Waals surface area (Å²) in [5, 5.41) is 5.52. The predicted molar refractivity (Wildman–Crippen MR) is 119 cm³/mol. The highest BCUT2D eigenvalue weighted by Gasteiger charge is 2.67. The van der Waals surface area contributed by atoms with Gasteiger partial charge in [0.05, 0.1) is 35.2 Å². The van der Waals surface area contributed by atoms with Crippen LogP contribution in [0.15, 0.2) is 52.0 Å². The number of rotatable bonds is 5. The summed E-state index contributed by atoms with van der Waals surface area (Å²) in [6.45, 7) is 1.97.